The first kappa shape index (κ1) is 17.3. The third kappa shape index (κ3) is 4.02. The maximum Gasteiger partial charge on any atom is 0.416 e. The third-order valence-corrected chi connectivity index (χ3v) is 4.34. The fourth-order valence-electron chi connectivity index (χ4n) is 3.22. The molecule has 0 saturated carbocycles. The molecule has 1 aliphatic heterocycles. The van der Waals surface area contributed by atoms with Crippen molar-refractivity contribution >= 4 is 0 Å². The Balaban J connectivity index is 2.12. The van der Waals surface area contributed by atoms with Gasteiger partial charge in [-0.25, -0.2) is 0 Å². The van der Waals surface area contributed by atoms with Crippen molar-refractivity contribution in [2.45, 2.75) is 39.6 Å². The van der Waals surface area contributed by atoms with Gasteiger partial charge in [0, 0.05) is 32.2 Å². The van der Waals surface area contributed by atoms with Crippen LogP contribution in [0.25, 0.3) is 0 Å². The Morgan fingerprint density at radius 2 is 1.91 bits per heavy atom. The van der Waals surface area contributed by atoms with Crippen LogP contribution in [0.4, 0.5) is 13.2 Å². The van der Waals surface area contributed by atoms with E-state index in [2.05, 4.69) is 18.7 Å². The smallest absolute Gasteiger partial charge is 0.377 e. The number of halogens is 3. The molecule has 124 valence electrons. The minimum atomic E-state index is -4.30. The maximum absolute atomic E-state index is 13.1. The Hall–Kier alpha value is -1.07. The zero-order valence-corrected chi connectivity index (χ0v) is 13.4. The van der Waals surface area contributed by atoms with Crippen molar-refractivity contribution < 1.29 is 17.9 Å². The van der Waals surface area contributed by atoms with Crippen LogP contribution in [-0.2, 0) is 17.5 Å². The summed E-state index contributed by atoms with van der Waals surface area (Å²) in [7, 11) is 0. The van der Waals surface area contributed by atoms with Gasteiger partial charge in [-0.05, 0) is 24.5 Å². The standard InChI is InChI=1S/C17H24F3NO/c1-4-22-16-11-21(10-14(16)12(2)3)9-13-7-5-6-8-15(13)17(18,19)20/h5-8,12,14,16H,4,9-11H2,1-3H3. The average Bonchev–Trinajstić information content (AvgIpc) is 2.81. The van der Waals surface area contributed by atoms with Crippen molar-refractivity contribution in [3.8, 4) is 0 Å². The quantitative estimate of drug-likeness (QED) is 0.807. The number of benzene rings is 1. The zero-order valence-electron chi connectivity index (χ0n) is 13.4. The van der Waals surface area contributed by atoms with Crippen LogP contribution in [0, 0.1) is 11.8 Å². The molecule has 2 unspecified atom stereocenters. The lowest BCUT2D eigenvalue weighted by atomic mass is 9.93. The first-order valence-corrected chi connectivity index (χ1v) is 7.82. The summed E-state index contributed by atoms with van der Waals surface area (Å²) in [6, 6.07) is 5.84. The molecule has 0 aliphatic carbocycles. The van der Waals surface area contributed by atoms with Crippen molar-refractivity contribution in [3.05, 3.63) is 35.4 Å². The predicted octanol–water partition coefficient (Wildman–Crippen LogP) is 4.20. The second kappa shape index (κ2) is 7.01. The third-order valence-electron chi connectivity index (χ3n) is 4.34. The lowest BCUT2D eigenvalue weighted by Gasteiger charge is -2.21. The van der Waals surface area contributed by atoms with Gasteiger partial charge in [0.15, 0.2) is 0 Å². The monoisotopic (exact) mass is 315 g/mol. The van der Waals surface area contributed by atoms with Crippen LogP contribution in [0.15, 0.2) is 24.3 Å². The van der Waals surface area contributed by atoms with Crippen LogP contribution in [0.2, 0.25) is 0 Å². The molecule has 0 bridgehead atoms. The Labute approximate surface area is 130 Å². The topological polar surface area (TPSA) is 12.5 Å². The zero-order chi connectivity index (χ0) is 16.3. The number of ether oxygens (including phenoxy) is 1. The molecule has 1 aromatic rings. The maximum atomic E-state index is 13.1. The van der Waals surface area contributed by atoms with Gasteiger partial charge >= 0.3 is 6.18 Å². The summed E-state index contributed by atoms with van der Waals surface area (Å²) in [6.45, 7) is 8.69. The molecule has 1 heterocycles. The fourth-order valence-corrected chi connectivity index (χ4v) is 3.22. The summed E-state index contributed by atoms with van der Waals surface area (Å²) in [4.78, 5) is 2.08. The normalized spacial score (nSPS) is 23.4. The van der Waals surface area contributed by atoms with E-state index in [1.54, 1.807) is 12.1 Å². The van der Waals surface area contributed by atoms with Gasteiger partial charge in [-0.2, -0.15) is 13.2 Å². The second-order valence-corrected chi connectivity index (χ2v) is 6.25. The van der Waals surface area contributed by atoms with E-state index in [0.717, 1.165) is 12.6 Å². The molecular weight excluding hydrogens is 291 g/mol. The molecule has 0 N–H and O–H groups in total. The number of likely N-dealkylation sites (tertiary alicyclic amines) is 1. The molecule has 1 fully saturated rings. The average molecular weight is 315 g/mol. The molecule has 0 aromatic heterocycles. The van der Waals surface area contributed by atoms with Crippen LogP contribution in [-0.4, -0.2) is 30.7 Å². The molecule has 1 aliphatic rings. The van der Waals surface area contributed by atoms with Gasteiger partial charge in [0.25, 0.3) is 0 Å². The van der Waals surface area contributed by atoms with Gasteiger partial charge in [0.05, 0.1) is 11.7 Å². The van der Waals surface area contributed by atoms with E-state index in [9.17, 15) is 13.2 Å². The molecule has 2 rings (SSSR count). The SMILES string of the molecule is CCOC1CN(Cc2ccccc2C(F)(F)F)CC1C(C)C. The Morgan fingerprint density at radius 3 is 2.50 bits per heavy atom. The molecule has 1 saturated heterocycles. The number of nitrogens with zero attached hydrogens (tertiary/aromatic N) is 1. The van der Waals surface area contributed by atoms with Gasteiger partial charge in [-0.3, -0.25) is 4.90 Å². The lowest BCUT2D eigenvalue weighted by molar-refractivity contribution is -0.138. The first-order valence-electron chi connectivity index (χ1n) is 7.82. The highest BCUT2D eigenvalue weighted by atomic mass is 19.4. The summed E-state index contributed by atoms with van der Waals surface area (Å²) < 4.78 is 45.0. The highest BCUT2D eigenvalue weighted by Crippen LogP contribution is 2.34. The van der Waals surface area contributed by atoms with E-state index in [1.165, 1.54) is 6.07 Å². The molecule has 1 aromatic carbocycles. The first-order chi connectivity index (χ1) is 10.3. The highest BCUT2D eigenvalue weighted by Gasteiger charge is 2.37. The Kier molecular flexibility index (Phi) is 5.50. The predicted molar refractivity (Wildman–Crippen MR) is 80.5 cm³/mol. The summed E-state index contributed by atoms with van der Waals surface area (Å²) in [5.41, 5.74) is -0.189. The van der Waals surface area contributed by atoms with Crippen LogP contribution >= 0.6 is 0 Å². The molecule has 22 heavy (non-hydrogen) atoms. The summed E-state index contributed by atoms with van der Waals surface area (Å²) >= 11 is 0. The van der Waals surface area contributed by atoms with Crippen molar-refractivity contribution in [1.82, 2.24) is 4.90 Å². The van der Waals surface area contributed by atoms with Gasteiger partial charge < -0.3 is 4.74 Å². The Bertz CT molecular complexity index is 487. The van der Waals surface area contributed by atoms with E-state index in [0.29, 0.717) is 37.1 Å². The van der Waals surface area contributed by atoms with Crippen LogP contribution in [0.5, 0.6) is 0 Å². The number of hydrogen-bond acceptors (Lipinski definition) is 2. The van der Waals surface area contributed by atoms with Gasteiger partial charge in [0.1, 0.15) is 0 Å². The summed E-state index contributed by atoms with van der Waals surface area (Å²) in [6.07, 6.45) is -4.18. The van der Waals surface area contributed by atoms with Crippen LogP contribution in [0.1, 0.15) is 31.9 Å². The van der Waals surface area contributed by atoms with Crippen molar-refractivity contribution in [2.75, 3.05) is 19.7 Å². The number of hydrogen-bond donors (Lipinski definition) is 0. The van der Waals surface area contributed by atoms with E-state index < -0.39 is 11.7 Å². The molecule has 0 radical (unpaired) electrons. The Morgan fingerprint density at radius 1 is 1.23 bits per heavy atom. The fraction of sp³-hybridized carbons (Fsp3) is 0.647. The van der Waals surface area contributed by atoms with Crippen LogP contribution in [0.3, 0.4) is 0 Å². The van der Waals surface area contributed by atoms with Gasteiger partial charge in [-0.15, -0.1) is 0 Å². The highest BCUT2D eigenvalue weighted by molar-refractivity contribution is 5.29. The van der Waals surface area contributed by atoms with E-state index >= 15 is 0 Å². The van der Waals surface area contributed by atoms with E-state index in [1.807, 2.05) is 6.92 Å². The lowest BCUT2D eigenvalue weighted by Crippen LogP contribution is -2.26. The summed E-state index contributed by atoms with van der Waals surface area (Å²) in [5.74, 6) is 0.831. The molecule has 2 atom stereocenters. The molecule has 0 amide bonds. The molecule has 2 nitrogen and oxygen atoms in total. The van der Waals surface area contributed by atoms with Gasteiger partial charge in [0.2, 0.25) is 0 Å². The van der Waals surface area contributed by atoms with Gasteiger partial charge in [-0.1, -0.05) is 32.0 Å². The molecular formula is C17H24F3NO. The van der Waals surface area contributed by atoms with Crippen LogP contribution < -0.4 is 0 Å². The van der Waals surface area contributed by atoms with Crippen molar-refractivity contribution in [2.24, 2.45) is 11.8 Å². The van der Waals surface area contributed by atoms with Crippen molar-refractivity contribution in [3.63, 3.8) is 0 Å². The van der Waals surface area contributed by atoms with Crippen molar-refractivity contribution in [1.29, 1.82) is 0 Å². The second-order valence-electron chi connectivity index (χ2n) is 6.25. The van der Waals surface area contributed by atoms with E-state index in [4.69, 9.17) is 4.74 Å². The largest absolute Gasteiger partial charge is 0.416 e. The minimum absolute atomic E-state index is 0.114. The number of alkyl halides is 3. The molecule has 0 spiro atoms. The van der Waals surface area contributed by atoms with E-state index in [-0.39, 0.29) is 6.10 Å². The summed E-state index contributed by atoms with van der Waals surface area (Å²) in [5, 5.41) is 0. The minimum Gasteiger partial charge on any atom is -0.377 e. The molecule has 5 heteroatoms. The number of rotatable bonds is 5.